The Morgan fingerprint density at radius 1 is 1.13 bits per heavy atom. The fourth-order valence-corrected chi connectivity index (χ4v) is 5.14. The van der Waals surface area contributed by atoms with Crippen LogP contribution < -0.4 is 0 Å². The van der Waals surface area contributed by atoms with E-state index in [0.717, 1.165) is 11.0 Å². The molecule has 2 heterocycles. The Labute approximate surface area is 134 Å². The van der Waals surface area contributed by atoms with Gasteiger partial charge in [0.1, 0.15) is 5.82 Å². The van der Waals surface area contributed by atoms with Crippen molar-refractivity contribution >= 4 is 22.9 Å². The van der Waals surface area contributed by atoms with Crippen LogP contribution in [0.25, 0.3) is 11.0 Å². The number of benzene rings is 1. The van der Waals surface area contributed by atoms with Gasteiger partial charge < -0.3 is 5.11 Å². The molecule has 2 bridgehead atoms. The molecule has 1 N–H and O–H groups in total. The zero-order chi connectivity index (χ0) is 16.6. The van der Waals surface area contributed by atoms with Gasteiger partial charge in [0.15, 0.2) is 0 Å². The molecular formula is C18H20N2O3. The van der Waals surface area contributed by atoms with E-state index in [9.17, 15) is 14.7 Å². The molecule has 23 heavy (non-hydrogen) atoms. The maximum atomic E-state index is 13.2. The smallest absolute Gasteiger partial charge is 0.309 e. The molecule has 1 aliphatic heterocycles. The summed E-state index contributed by atoms with van der Waals surface area (Å²) in [6.07, 6.45) is 1.53. The van der Waals surface area contributed by atoms with Crippen LogP contribution in [-0.2, 0) is 10.2 Å². The lowest BCUT2D eigenvalue weighted by Gasteiger charge is -2.53. The number of fused-ring (bicyclic) bond motifs is 6. The fourth-order valence-electron chi connectivity index (χ4n) is 5.14. The summed E-state index contributed by atoms with van der Waals surface area (Å²) in [7, 11) is 0. The van der Waals surface area contributed by atoms with Gasteiger partial charge in [0.05, 0.1) is 16.4 Å². The van der Waals surface area contributed by atoms with Gasteiger partial charge in [-0.05, 0) is 38.3 Å². The zero-order valence-electron chi connectivity index (χ0n) is 13.6. The van der Waals surface area contributed by atoms with Gasteiger partial charge in [-0.2, -0.15) is 0 Å². The highest BCUT2D eigenvalue weighted by molar-refractivity contribution is 5.96. The van der Waals surface area contributed by atoms with Crippen LogP contribution in [0.4, 0.5) is 0 Å². The quantitative estimate of drug-likeness (QED) is 0.877. The Bertz CT molecular complexity index is 870. The number of hydrogen-bond acceptors (Lipinski definition) is 3. The van der Waals surface area contributed by atoms with E-state index in [0.29, 0.717) is 25.1 Å². The number of para-hydroxylation sites is 2. The number of rotatable bonds is 1. The fraction of sp³-hybridized carbons (Fsp3) is 0.500. The first-order chi connectivity index (χ1) is 10.7. The zero-order valence-corrected chi connectivity index (χ0v) is 13.6. The first kappa shape index (κ1) is 14.4. The molecule has 3 atom stereocenters. The van der Waals surface area contributed by atoms with E-state index in [1.165, 1.54) is 0 Å². The first-order valence-electron chi connectivity index (χ1n) is 7.95. The highest BCUT2D eigenvalue weighted by Crippen LogP contribution is 2.58. The normalized spacial score (nSPS) is 36.0. The highest BCUT2D eigenvalue weighted by Gasteiger charge is 2.60. The number of hydrogen-bond donors (Lipinski definition) is 1. The average molecular weight is 312 g/mol. The van der Waals surface area contributed by atoms with E-state index in [1.54, 1.807) is 11.5 Å². The summed E-state index contributed by atoms with van der Waals surface area (Å²) in [4.78, 5) is 29.8. The van der Waals surface area contributed by atoms with Crippen molar-refractivity contribution < 1.29 is 14.7 Å². The number of imidazole rings is 1. The van der Waals surface area contributed by atoms with Crippen molar-refractivity contribution in [2.24, 2.45) is 10.8 Å². The number of aromatic nitrogens is 2. The minimum atomic E-state index is -0.902. The van der Waals surface area contributed by atoms with E-state index in [-0.39, 0.29) is 5.91 Å². The molecule has 1 aliphatic carbocycles. The van der Waals surface area contributed by atoms with Gasteiger partial charge in [0.2, 0.25) is 5.91 Å². The number of carboxylic acid groups (broad SMARTS) is 1. The van der Waals surface area contributed by atoms with Crippen molar-refractivity contribution in [1.82, 2.24) is 9.55 Å². The standard InChI is InChI=1S/C18H20N2O3/c1-16-8-17(2,10-18(3,9-16)15(22)23)14(21)20-12-7-5-4-6-11(12)19-13(16)20/h4-7H,8-10H2,1-3H3,(H,22,23)/t16-,17+,18-/m1/s1. The molecule has 0 saturated heterocycles. The number of carbonyl (C=O) groups is 2. The predicted octanol–water partition coefficient (Wildman–Crippen LogP) is 3.23. The molecule has 1 fully saturated rings. The third-order valence-corrected chi connectivity index (χ3v) is 5.68. The van der Waals surface area contributed by atoms with E-state index in [1.807, 2.05) is 31.2 Å². The van der Waals surface area contributed by atoms with E-state index in [2.05, 4.69) is 6.92 Å². The van der Waals surface area contributed by atoms with Gasteiger partial charge in [-0.3, -0.25) is 14.2 Å². The summed E-state index contributed by atoms with van der Waals surface area (Å²) < 4.78 is 1.74. The van der Waals surface area contributed by atoms with E-state index >= 15 is 0 Å². The van der Waals surface area contributed by atoms with Crippen LogP contribution in [0.2, 0.25) is 0 Å². The number of carbonyl (C=O) groups excluding carboxylic acids is 1. The van der Waals surface area contributed by atoms with Gasteiger partial charge in [0.25, 0.3) is 0 Å². The van der Waals surface area contributed by atoms with Crippen LogP contribution in [0.5, 0.6) is 0 Å². The van der Waals surface area contributed by atoms with Crippen molar-refractivity contribution in [3.05, 3.63) is 30.1 Å². The molecule has 1 saturated carbocycles. The summed E-state index contributed by atoms with van der Waals surface area (Å²) in [5, 5.41) is 9.72. The van der Waals surface area contributed by atoms with Gasteiger partial charge in [-0.15, -0.1) is 0 Å². The molecule has 5 nitrogen and oxygen atoms in total. The van der Waals surface area contributed by atoms with Crippen molar-refractivity contribution in [2.45, 2.75) is 45.4 Å². The van der Waals surface area contributed by atoms with E-state index in [4.69, 9.17) is 4.98 Å². The van der Waals surface area contributed by atoms with Crippen LogP contribution in [0.3, 0.4) is 0 Å². The van der Waals surface area contributed by atoms with Crippen molar-refractivity contribution in [3.63, 3.8) is 0 Å². The topological polar surface area (TPSA) is 72.2 Å². The highest BCUT2D eigenvalue weighted by atomic mass is 16.4. The Morgan fingerprint density at radius 2 is 1.78 bits per heavy atom. The maximum absolute atomic E-state index is 13.2. The summed E-state index contributed by atoms with van der Waals surface area (Å²) in [5.74, 6) is -0.133. The van der Waals surface area contributed by atoms with Gasteiger partial charge in [0, 0.05) is 10.8 Å². The lowest BCUT2D eigenvalue weighted by atomic mass is 9.52. The van der Waals surface area contributed by atoms with Crippen molar-refractivity contribution in [3.8, 4) is 0 Å². The Morgan fingerprint density at radius 3 is 2.48 bits per heavy atom. The maximum Gasteiger partial charge on any atom is 0.309 e. The summed E-state index contributed by atoms with van der Waals surface area (Å²) >= 11 is 0. The molecular weight excluding hydrogens is 292 g/mol. The minimum absolute atomic E-state index is 0.0224. The Balaban J connectivity index is 2.03. The number of aliphatic carboxylic acids is 1. The third-order valence-electron chi connectivity index (χ3n) is 5.68. The van der Waals surface area contributed by atoms with Crippen molar-refractivity contribution in [1.29, 1.82) is 0 Å². The first-order valence-corrected chi connectivity index (χ1v) is 7.95. The summed E-state index contributed by atoms with van der Waals surface area (Å²) in [5.41, 5.74) is -0.362. The largest absolute Gasteiger partial charge is 0.481 e. The van der Waals surface area contributed by atoms with Crippen LogP contribution >= 0.6 is 0 Å². The summed E-state index contributed by atoms with van der Waals surface area (Å²) in [6, 6.07) is 7.62. The molecule has 1 aromatic heterocycles. The van der Waals surface area contributed by atoms with Gasteiger partial charge in [-0.1, -0.05) is 26.0 Å². The minimum Gasteiger partial charge on any atom is -0.481 e. The van der Waals surface area contributed by atoms with Crippen LogP contribution in [0.1, 0.15) is 50.7 Å². The van der Waals surface area contributed by atoms with Crippen LogP contribution in [-0.4, -0.2) is 26.5 Å². The Hall–Kier alpha value is -2.17. The molecule has 0 unspecified atom stereocenters. The molecule has 2 aliphatic rings. The average Bonchev–Trinajstić information content (AvgIpc) is 2.84. The lowest BCUT2D eigenvalue weighted by Crippen LogP contribution is -2.56. The van der Waals surface area contributed by atoms with Crippen LogP contribution in [0.15, 0.2) is 24.3 Å². The molecule has 2 aromatic rings. The van der Waals surface area contributed by atoms with E-state index < -0.39 is 22.2 Å². The van der Waals surface area contributed by atoms with Gasteiger partial charge >= 0.3 is 5.97 Å². The molecule has 0 radical (unpaired) electrons. The second-order valence-corrected chi connectivity index (χ2v) is 8.08. The molecule has 120 valence electrons. The Kier molecular flexibility index (Phi) is 2.52. The summed E-state index contributed by atoms with van der Waals surface area (Å²) in [6.45, 7) is 5.72. The van der Waals surface area contributed by atoms with Gasteiger partial charge in [-0.25, -0.2) is 4.98 Å². The lowest BCUT2D eigenvalue weighted by molar-refractivity contribution is -0.154. The molecule has 4 rings (SSSR count). The second-order valence-electron chi connectivity index (χ2n) is 8.08. The predicted molar refractivity (Wildman–Crippen MR) is 85.4 cm³/mol. The molecule has 0 spiro atoms. The monoisotopic (exact) mass is 312 g/mol. The van der Waals surface area contributed by atoms with Crippen LogP contribution in [0, 0.1) is 10.8 Å². The SMILES string of the molecule is C[C@]1(C(=O)O)C[C@]2(C)C[C@](C)(C1)c1nc3ccccc3n1C2=O. The molecule has 1 aromatic carbocycles. The van der Waals surface area contributed by atoms with Crippen molar-refractivity contribution in [2.75, 3.05) is 0 Å². The number of nitrogens with zero attached hydrogens (tertiary/aromatic N) is 2. The molecule has 5 heteroatoms. The second kappa shape index (κ2) is 4.02. The number of carboxylic acids is 1. The third kappa shape index (κ3) is 1.70. The molecule has 0 amide bonds.